The van der Waals surface area contributed by atoms with Crippen molar-refractivity contribution in [3.05, 3.63) is 59.2 Å². The van der Waals surface area contributed by atoms with E-state index in [4.69, 9.17) is 4.74 Å². The molecule has 3 rings (SSSR count). The van der Waals surface area contributed by atoms with Gasteiger partial charge < -0.3 is 9.84 Å². The van der Waals surface area contributed by atoms with Gasteiger partial charge in [-0.15, -0.1) is 0 Å². The molecule has 2 aromatic rings. The van der Waals surface area contributed by atoms with Crippen LogP contribution >= 0.6 is 0 Å². The molecule has 2 nitrogen and oxygen atoms in total. The van der Waals surface area contributed by atoms with Crippen molar-refractivity contribution in [2.75, 3.05) is 7.11 Å². The number of hydrogen-bond acceptors (Lipinski definition) is 2. The molecular weight excluding hydrogens is 284 g/mol. The van der Waals surface area contributed by atoms with E-state index in [1.807, 2.05) is 24.3 Å². The summed E-state index contributed by atoms with van der Waals surface area (Å²) >= 11 is 0. The highest BCUT2D eigenvalue weighted by atomic mass is 16.5. The van der Waals surface area contributed by atoms with E-state index in [1.54, 1.807) is 7.11 Å². The van der Waals surface area contributed by atoms with Crippen molar-refractivity contribution in [1.29, 1.82) is 0 Å². The maximum absolute atomic E-state index is 9.81. The largest absolute Gasteiger partial charge is 0.508 e. The first kappa shape index (κ1) is 15.7. The molecule has 23 heavy (non-hydrogen) atoms. The van der Waals surface area contributed by atoms with Crippen LogP contribution in [0.5, 0.6) is 11.5 Å². The molecular formula is C21H24O2. The number of allylic oxidation sites excluding steroid dienone is 2. The fourth-order valence-electron chi connectivity index (χ4n) is 3.50. The van der Waals surface area contributed by atoms with Gasteiger partial charge in [-0.3, -0.25) is 0 Å². The third-order valence-corrected chi connectivity index (χ3v) is 4.59. The molecule has 2 aromatic carbocycles. The van der Waals surface area contributed by atoms with Crippen molar-refractivity contribution in [3.63, 3.8) is 0 Å². The SMILES string of the molecule is CCCC1=C(c2ccc(OC)cc2)CCCc2cc(O)ccc21. The number of benzene rings is 2. The zero-order chi connectivity index (χ0) is 16.2. The second kappa shape index (κ2) is 6.91. The number of rotatable bonds is 4. The van der Waals surface area contributed by atoms with Crippen LogP contribution in [-0.2, 0) is 6.42 Å². The minimum absolute atomic E-state index is 0.368. The second-order valence-corrected chi connectivity index (χ2v) is 6.13. The number of fused-ring (bicyclic) bond motifs is 1. The summed E-state index contributed by atoms with van der Waals surface area (Å²) in [6.07, 6.45) is 5.41. The zero-order valence-corrected chi connectivity index (χ0v) is 13.9. The highest BCUT2D eigenvalue weighted by Crippen LogP contribution is 2.39. The van der Waals surface area contributed by atoms with Gasteiger partial charge in [0.2, 0.25) is 0 Å². The standard InChI is InChI=1S/C21H24O2/c1-3-5-21-19(15-8-11-18(23-2)12-9-15)7-4-6-16-14-17(22)10-13-20(16)21/h8-14,22H,3-7H2,1-2H3. The van der Waals surface area contributed by atoms with Crippen molar-refractivity contribution in [3.8, 4) is 11.5 Å². The van der Waals surface area contributed by atoms with Gasteiger partial charge in [-0.25, -0.2) is 0 Å². The molecule has 1 aliphatic rings. The first-order chi connectivity index (χ1) is 11.2. The average molecular weight is 308 g/mol. The number of phenols is 1. The number of methoxy groups -OCH3 is 1. The van der Waals surface area contributed by atoms with Crippen LogP contribution in [0.25, 0.3) is 11.1 Å². The fraction of sp³-hybridized carbons (Fsp3) is 0.333. The van der Waals surface area contributed by atoms with E-state index in [2.05, 4.69) is 25.1 Å². The molecule has 2 heteroatoms. The topological polar surface area (TPSA) is 29.5 Å². The van der Waals surface area contributed by atoms with Crippen LogP contribution in [0.15, 0.2) is 42.5 Å². The summed E-state index contributed by atoms with van der Waals surface area (Å²) in [5.74, 6) is 1.26. The van der Waals surface area contributed by atoms with E-state index < -0.39 is 0 Å². The lowest BCUT2D eigenvalue weighted by atomic mass is 9.90. The molecule has 0 saturated heterocycles. The predicted molar refractivity (Wildman–Crippen MR) is 95.8 cm³/mol. The van der Waals surface area contributed by atoms with Gasteiger partial charge in [-0.2, -0.15) is 0 Å². The lowest BCUT2D eigenvalue weighted by Gasteiger charge is -2.16. The predicted octanol–water partition coefficient (Wildman–Crippen LogP) is 5.45. The van der Waals surface area contributed by atoms with Crippen LogP contribution in [0.2, 0.25) is 0 Å². The van der Waals surface area contributed by atoms with E-state index in [-0.39, 0.29) is 0 Å². The van der Waals surface area contributed by atoms with Gasteiger partial charge in [0.15, 0.2) is 0 Å². The minimum atomic E-state index is 0.368. The highest BCUT2D eigenvalue weighted by molar-refractivity contribution is 5.92. The van der Waals surface area contributed by atoms with Crippen LogP contribution in [0.1, 0.15) is 49.3 Å². The van der Waals surface area contributed by atoms with Crippen molar-refractivity contribution < 1.29 is 9.84 Å². The molecule has 0 bridgehead atoms. The smallest absolute Gasteiger partial charge is 0.118 e. The van der Waals surface area contributed by atoms with E-state index in [9.17, 15) is 5.11 Å². The summed E-state index contributed by atoms with van der Waals surface area (Å²) < 4.78 is 5.28. The summed E-state index contributed by atoms with van der Waals surface area (Å²) in [5, 5.41) is 9.81. The molecule has 0 atom stereocenters. The summed E-state index contributed by atoms with van der Waals surface area (Å²) in [4.78, 5) is 0. The fourth-order valence-corrected chi connectivity index (χ4v) is 3.50. The molecule has 0 radical (unpaired) electrons. The van der Waals surface area contributed by atoms with Crippen LogP contribution < -0.4 is 4.74 Å². The van der Waals surface area contributed by atoms with Gasteiger partial charge in [0.25, 0.3) is 0 Å². The van der Waals surface area contributed by atoms with E-state index in [0.29, 0.717) is 5.75 Å². The van der Waals surface area contributed by atoms with Crippen molar-refractivity contribution in [1.82, 2.24) is 0 Å². The maximum atomic E-state index is 9.81. The third kappa shape index (κ3) is 3.26. The molecule has 0 aliphatic heterocycles. The lowest BCUT2D eigenvalue weighted by molar-refractivity contribution is 0.415. The Kier molecular flexibility index (Phi) is 4.71. The molecule has 0 spiro atoms. The molecule has 0 aromatic heterocycles. The van der Waals surface area contributed by atoms with Gasteiger partial charge >= 0.3 is 0 Å². The quantitative estimate of drug-likeness (QED) is 0.814. The molecule has 1 aliphatic carbocycles. The van der Waals surface area contributed by atoms with Crippen LogP contribution in [0, 0.1) is 0 Å². The molecule has 0 amide bonds. The maximum Gasteiger partial charge on any atom is 0.118 e. The lowest BCUT2D eigenvalue weighted by Crippen LogP contribution is -1.94. The number of ether oxygens (including phenoxy) is 1. The Balaban J connectivity index is 2.12. The number of hydrogen-bond donors (Lipinski definition) is 1. The van der Waals surface area contributed by atoms with Crippen LogP contribution in [0.4, 0.5) is 0 Å². The number of aromatic hydroxyl groups is 1. The molecule has 0 unspecified atom stereocenters. The summed E-state index contributed by atoms with van der Waals surface area (Å²) in [6, 6.07) is 14.2. The van der Waals surface area contributed by atoms with Crippen molar-refractivity contribution in [2.45, 2.75) is 39.0 Å². The van der Waals surface area contributed by atoms with Gasteiger partial charge in [-0.05, 0) is 77.8 Å². The molecule has 0 fully saturated rings. The van der Waals surface area contributed by atoms with Gasteiger partial charge in [0.1, 0.15) is 11.5 Å². The Hall–Kier alpha value is -2.22. The summed E-state index contributed by atoms with van der Waals surface area (Å²) in [7, 11) is 1.70. The first-order valence-corrected chi connectivity index (χ1v) is 8.41. The zero-order valence-electron chi connectivity index (χ0n) is 13.9. The van der Waals surface area contributed by atoms with Crippen molar-refractivity contribution in [2.24, 2.45) is 0 Å². The van der Waals surface area contributed by atoms with Gasteiger partial charge in [-0.1, -0.05) is 31.5 Å². The monoisotopic (exact) mass is 308 g/mol. The molecule has 1 N–H and O–H groups in total. The summed E-state index contributed by atoms with van der Waals surface area (Å²) in [5.41, 5.74) is 6.75. The number of aryl methyl sites for hydroxylation is 1. The van der Waals surface area contributed by atoms with Crippen LogP contribution in [0.3, 0.4) is 0 Å². The Labute approximate surface area is 138 Å². The Morgan fingerprint density at radius 1 is 1.04 bits per heavy atom. The molecule has 0 saturated carbocycles. The molecule has 120 valence electrons. The average Bonchev–Trinajstić information content (AvgIpc) is 2.75. The molecule has 0 heterocycles. The van der Waals surface area contributed by atoms with Gasteiger partial charge in [0, 0.05) is 0 Å². The second-order valence-electron chi connectivity index (χ2n) is 6.13. The van der Waals surface area contributed by atoms with E-state index in [1.165, 1.54) is 27.8 Å². The normalized spacial score (nSPS) is 14.3. The number of phenolic OH excluding ortho intramolecular Hbond substituents is 1. The van der Waals surface area contributed by atoms with E-state index in [0.717, 1.165) is 37.9 Å². The van der Waals surface area contributed by atoms with E-state index >= 15 is 0 Å². The summed E-state index contributed by atoms with van der Waals surface area (Å²) in [6.45, 7) is 2.23. The van der Waals surface area contributed by atoms with Crippen LogP contribution in [-0.4, -0.2) is 12.2 Å². The third-order valence-electron chi connectivity index (χ3n) is 4.59. The minimum Gasteiger partial charge on any atom is -0.508 e. The Morgan fingerprint density at radius 3 is 2.52 bits per heavy atom. The Morgan fingerprint density at radius 2 is 1.83 bits per heavy atom. The van der Waals surface area contributed by atoms with Crippen molar-refractivity contribution >= 4 is 11.1 Å². The Bertz CT molecular complexity index is 711. The highest BCUT2D eigenvalue weighted by Gasteiger charge is 2.18. The first-order valence-electron chi connectivity index (χ1n) is 8.41. The van der Waals surface area contributed by atoms with Gasteiger partial charge in [0.05, 0.1) is 7.11 Å².